The van der Waals surface area contributed by atoms with E-state index in [2.05, 4.69) is 32.8 Å². The number of aryl methyl sites for hydroxylation is 1. The maximum absolute atomic E-state index is 12.7. The van der Waals surface area contributed by atoms with Gasteiger partial charge >= 0.3 is 5.69 Å². The number of nitrogens with one attached hydrogen (secondary N) is 1. The SMILES string of the molecule is CC1CCc2c(sc3nc(-c4cc(Br)cc([N+](=O)[O-])c4O)[nH]c(=O)c23)C1. The minimum Gasteiger partial charge on any atom is -0.502 e. The number of phenols is 1. The van der Waals surface area contributed by atoms with Crippen molar-refractivity contribution in [3.05, 3.63) is 47.5 Å². The average Bonchev–Trinajstić information content (AvgIpc) is 2.93. The Bertz CT molecular complexity index is 1120. The van der Waals surface area contributed by atoms with Gasteiger partial charge < -0.3 is 10.1 Å². The monoisotopic (exact) mass is 435 g/mol. The summed E-state index contributed by atoms with van der Waals surface area (Å²) in [6.45, 7) is 2.19. The van der Waals surface area contributed by atoms with Crippen LogP contribution in [0.15, 0.2) is 21.4 Å². The summed E-state index contributed by atoms with van der Waals surface area (Å²) < 4.78 is 0.416. The number of benzene rings is 1. The highest BCUT2D eigenvalue weighted by Gasteiger charge is 2.25. The van der Waals surface area contributed by atoms with E-state index in [1.165, 1.54) is 28.3 Å². The Morgan fingerprint density at radius 3 is 2.96 bits per heavy atom. The molecule has 0 radical (unpaired) electrons. The first-order chi connectivity index (χ1) is 12.3. The van der Waals surface area contributed by atoms with E-state index in [0.29, 0.717) is 20.6 Å². The third-order valence-corrected chi connectivity index (χ3v) is 6.28. The van der Waals surface area contributed by atoms with Crippen molar-refractivity contribution in [3.8, 4) is 17.1 Å². The summed E-state index contributed by atoms with van der Waals surface area (Å²) in [5.41, 5.74) is 0.452. The average molecular weight is 436 g/mol. The quantitative estimate of drug-likeness (QED) is 0.463. The van der Waals surface area contributed by atoms with E-state index in [-0.39, 0.29) is 16.9 Å². The second-order valence-electron chi connectivity index (χ2n) is 6.52. The summed E-state index contributed by atoms with van der Waals surface area (Å²) in [5, 5.41) is 22.0. The molecule has 26 heavy (non-hydrogen) atoms. The number of nitro benzene ring substituents is 1. The number of H-pyrrole nitrogens is 1. The van der Waals surface area contributed by atoms with Crippen molar-refractivity contribution in [2.24, 2.45) is 5.92 Å². The molecular weight excluding hydrogens is 422 g/mol. The van der Waals surface area contributed by atoms with Crippen LogP contribution in [0.25, 0.3) is 21.6 Å². The molecule has 1 aliphatic rings. The van der Waals surface area contributed by atoms with Crippen molar-refractivity contribution < 1.29 is 10.0 Å². The summed E-state index contributed by atoms with van der Waals surface area (Å²) in [7, 11) is 0. The summed E-state index contributed by atoms with van der Waals surface area (Å²) in [6, 6.07) is 2.71. The molecule has 1 aromatic carbocycles. The van der Waals surface area contributed by atoms with Gasteiger partial charge in [-0.2, -0.15) is 0 Å². The predicted molar refractivity (Wildman–Crippen MR) is 103 cm³/mol. The normalized spacial score (nSPS) is 16.6. The molecule has 0 spiro atoms. The number of hydrogen-bond acceptors (Lipinski definition) is 6. The molecule has 0 bridgehead atoms. The first kappa shape index (κ1) is 17.2. The molecule has 3 aromatic rings. The van der Waals surface area contributed by atoms with Gasteiger partial charge in [-0.1, -0.05) is 22.9 Å². The third kappa shape index (κ3) is 2.71. The molecule has 0 saturated carbocycles. The molecule has 4 rings (SSSR count). The molecule has 1 atom stereocenters. The number of fused-ring (bicyclic) bond motifs is 3. The summed E-state index contributed by atoms with van der Waals surface area (Å²) >= 11 is 4.69. The smallest absolute Gasteiger partial charge is 0.312 e. The van der Waals surface area contributed by atoms with Crippen LogP contribution in [0.2, 0.25) is 0 Å². The Hall–Kier alpha value is -2.26. The lowest BCUT2D eigenvalue weighted by molar-refractivity contribution is -0.385. The summed E-state index contributed by atoms with van der Waals surface area (Å²) in [6.07, 6.45) is 2.82. The number of phenolic OH excluding ortho intramolecular Hbond substituents is 1. The highest BCUT2D eigenvalue weighted by Crippen LogP contribution is 2.40. The fraction of sp³-hybridized carbons (Fsp3) is 0.294. The van der Waals surface area contributed by atoms with Gasteiger partial charge in [0.2, 0.25) is 5.75 Å². The number of hydrogen-bond donors (Lipinski definition) is 2. The van der Waals surface area contributed by atoms with E-state index in [4.69, 9.17) is 0 Å². The zero-order valence-corrected chi connectivity index (χ0v) is 16.1. The van der Waals surface area contributed by atoms with Crippen molar-refractivity contribution in [2.75, 3.05) is 0 Å². The van der Waals surface area contributed by atoms with Crippen LogP contribution < -0.4 is 5.56 Å². The molecule has 0 aliphatic heterocycles. The van der Waals surface area contributed by atoms with E-state index in [1.807, 2.05) is 0 Å². The van der Waals surface area contributed by atoms with E-state index in [1.54, 1.807) is 0 Å². The number of aromatic nitrogens is 2. The minimum absolute atomic E-state index is 0.116. The van der Waals surface area contributed by atoms with Gasteiger partial charge in [-0.05, 0) is 36.8 Å². The molecule has 1 aliphatic carbocycles. The van der Waals surface area contributed by atoms with Gasteiger partial charge in [0.15, 0.2) is 0 Å². The maximum Gasteiger partial charge on any atom is 0.312 e. The largest absolute Gasteiger partial charge is 0.502 e. The Morgan fingerprint density at radius 1 is 1.46 bits per heavy atom. The Morgan fingerprint density at radius 2 is 2.23 bits per heavy atom. The predicted octanol–water partition coefficient (Wildman–Crippen LogP) is 4.15. The lowest BCUT2D eigenvalue weighted by atomic mass is 9.89. The van der Waals surface area contributed by atoms with Crippen molar-refractivity contribution in [1.82, 2.24) is 9.97 Å². The molecule has 2 N–H and O–H groups in total. The van der Waals surface area contributed by atoms with Gasteiger partial charge in [0.25, 0.3) is 5.56 Å². The van der Waals surface area contributed by atoms with Gasteiger partial charge in [0.05, 0.1) is 15.9 Å². The third-order valence-electron chi connectivity index (χ3n) is 4.67. The number of rotatable bonds is 2. The molecular formula is C17H14BrN3O4S. The van der Waals surface area contributed by atoms with Gasteiger partial charge in [-0.25, -0.2) is 4.98 Å². The molecule has 0 saturated heterocycles. The van der Waals surface area contributed by atoms with Crippen LogP contribution in [0.5, 0.6) is 5.75 Å². The molecule has 9 heteroatoms. The standard InChI is InChI=1S/C17H14BrN3O4S/c1-7-2-3-9-12(4-7)26-17-13(9)16(23)19-15(20-17)10-5-8(18)6-11(14(10)22)21(24)25/h5-7,22H,2-4H2,1H3,(H,19,20,23). The van der Waals surface area contributed by atoms with Crippen molar-refractivity contribution in [1.29, 1.82) is 0 Å². The molecule has 0 amide bonds. The van der Waals surface area contributed by atoms with Crippen LogP contribution in [0.4, 0.5) is 5.69 Å². The van der Waals surface area contributed by atoms with Crippen LogP contribution in [0.3, 0.4) is 0 Å². The zero-order chi connectivity index (χ0) is 18.6. The van der Waals surface area contributed by atoms with Crippen molar-refractivity contribution in [3.63, 3.8) is 0 Å². The van der Waals surface area contributed by atoms with Crippen LogP contribution in [0, 0.1) is 16.0 Å². The topological polar surface area (TPSA) is 109 Å². The number of thiophene rings is 1. The van der Waals surface area contributed by atoms with Crippen molar-refractivity contribution >= 4 is 43.2 Å². The number of halogens is 1. The van der Waals surface area contributed by atoms with Crippen LogP contribution >= 0.6 is 27.3 Å². The number of nitro groups is 1. The molecule has 2 heterocycles. The van der Waals surface area contributed by atoms with Gasteiger partial charge in [0.1, 0.15) is 10.7 Å². The Labute approximate surface area is 160 Å². The summed E-state index contributed by atoms with van der Waals surface area (Å²) in [5.74, 6) is 0.178. The second kappa shape index (κ2) is 6.17. The number of aromatic hydroxyl groups is 1. The Balaban J connectivity index is 1.95. The highest BCUT2D eigenvalue weighted by atomic mass is 79.9. The lowest BCUT2D eigenvalue weighted by Crippen LogP contribution is -2.13. The fourth-order valence-corrected chi connectivity index (χ4v) is 5.21. The molecule has 134 valence electrons. The summed E-state index contributed by atoms with van der Waals surface area (Å²) in [4.78, 5) is 32.1. The van der Waals surface area contributed by atoms with E-state index in [9.17, 15) is 20.0 Å². The van der Waals surface area contributed by atoms with Crippen molar-refractivity contribution in [2.45, 2.75) is 26.2 Å². The van der Waals surface area contributed by atoms with Gasteiger partial charge in [0, 0.05) is 15.4 Å². The molecule has 2 aromatic heterocycles. The highest BCUT2D eigenvalue weighted by molar-refractivity contribution is 9.10. The second-order valence-corrected chi connectivity index (χ2v) is 8.52. The molecule has 0 fully saturated rings. The lowest BCUT2D eigenvalue weighted by Gasteiger charge is -2.17. The number of aromatic amines is 1. The van der Waals surface area contributed by atoms with Crippen LogP contribution in [-0.2, 0) is 12.8 Å². The number of nitrogens with zero attached hydrogens (tertiary/aromatic N) is 2. The molecule has 1 unspecified atom stereocenters. The van der Waals surface area contributed by atoms with Crippen LogP contribution in [-0.4, -0.2) is 20.0 Å². The zero-order valence-electron chi connectivity index (χ0n) is 13.7. The first-order valence-corrected chi connectivity index (χ1v) is 9.68. The molecule has 7 nitrogen and oxygen atoms in total. The Kier molecular flexibility index (Phi) is 4.07. The fourth-order valence-electron chi connectivity index (χ4n) is 3.38. The van der Waals surface area contributed by atoms with E-state index < -0.39 is 16.4 Å². The van der Waals surface area contributed by atoms with E-state index in [0.717, 1.165) is 24.8 Å². The minimum atomic E-state index is -0.675. The van der Waals surface area contributed by atoms with E-state index >= 15 is 0 Å². The van der Waals surface area contributed by atoms with Gasteiger partial charge in [-0.15, -0.1) is 11.3 Å². The maximum atomic E-state index is 12.7. The first-order valence-electron chi connectivity index (χ1n) is 8.07. The van der Waals surface area contributed by atoms with Crippen LogP contribution in [0.1, 0.15) is 23.8 Å². The van der Waals surface area contributed by atoms with Gasteiger partial charge in [-0.3, -0.25) is 14.9 Å².